The third-order valence-corrected chi connectivity index (χ3v) is 4.59. The third kappa shape index (κ3) is 2.89. The summed E-state index contributed by atoms with van der Waals surface area (Å²) in [6.45, 7) is 6.19. The number of methoxy groups -OCH3 is 1. The summed E-state index contributed by atoms with van der Waals surface area (Å²) in [6, 6.07) is 5.23. The largest absolute Gasteiger partial charge is 0.495 e. The van der Waals surface area contributed by atoms with Gasteiger partial charge in [-0.2, -0.15) is 0 Å². The van der Waals surface area contributed by atoms with Gasteiger partial charge in [-0.05, 0) is 36.5 Å². The Morgan fingerprint density at radius 1 is 1.40 bits per heavy atom. The van der Waals surface area contributed by atoms with E-state index in [9.17, 15) is 4.79 Å². The molecule has 20 heavy (non-hydrogen) atoms. The number of nitrogen functional groups attached to an aromatic ring is 1. The predicted octanol–water partition coefficient (Wildman–Crippen LogP) is 2.93. The second-order valence-corrected chi connectivity index (χ2v) is 5.91. The van der Waals surface area contributed by atoms with E-state index in [-0.39, 0.29) is 5.91 Å². The molecule has 1 aromatic carbocycles. The summed E-state index contributed by atoms with van der Waals surface area (Å²) in [7, 11) is 1.56. The molecule has 1 heterocycles. The van der Waals surface area contributed by atoms with Crippen LogP contribution in [0.2, 0.25) is 0 Å². The van der Waals surface area contributed by atoms with Crippen molar-refractivity contribution in [3.8, 4) is 5.75 Å². The van der Waals surface area contributed by atoms with Gasteiger partial charge in [0.05, 0.1) is 12.8 Å². The number of amides is 1. The molecule has 1 fully saturated rings. The van der Waals surface area contributed by atoms with E-state index in [1.54, 1.807) is 25.3 Å². The molecule has 0 atom stereocenters. The van der Waals surface area contributed by atoms with E-state index < -0.39 is 0 Å². The lowest BCUT2D eigenvalue weighted by Crippen LogP contribution is -2.41. The van der Waals surface area contributed by atoms with Gasteiger partial charge < -0.3 is 15.4 Å². The molecule has 110 valence electrons. The van der Waals surface area contributed by atoms with Crippen LogP contribution in [-0.2, 0) is 0 Å². The normalized spacial score (nSPS) is 17.9. The first kappa shape index (κ1) is 14.7. The average Bonchev–Trinajstić information content (AvgIpc) is 2.48. The van der Waals surface area contributed by atoms with Crippen LogP contribution in [0.1, 0.15) is 43.5 Å². The van der Waals surface area contributed by atoms with E-state index in [1.165, 1.54) is 6.42 Å². The summed E-state index contributed by atoms with van der Waals surface area (Å²) in [6.07, 6.45) is 3.31. The van der Waals surface area contributed by atoms with Crippen LogP contribution in [0.5, 0.6) is 5.75 Å². The monoisotopic (exact) mass is 276 g/mol. The van der Waals surface area contributed by atoms with Gasteiger partial charge in [-0.25, -0.2) is 0 Å². The van der Waals surface area contributed by atoms with Gasteiger partial charge >= 0.3 is 0 Å². The zero-order valence-electron chi connectivity index (χ0n) is 12.6. The SMILES string of the molecule is CCC1(C)CCN(C(=O)c2ccc(N)c(OC)c2)CC1. The van der Waals surface area contributed by atoms with E-state index in [1.807, 2.05) is 4.90 Å². The fraction of sp³-hybridized carbons (Fsp3) is 0.562. The van der Waals surface area contributed by atoms with Crippen LogP contribution in [0.15, 0.2) is 18.2 Å². The molecule has 1 aromatic rings. The topological polar surface area (TPSA) is 55.6 Å². The van der Waals surface area contributed by atoms with Gasteiger partial charge in [0.2, 0.25) is 0 Å². The number of likely N-dealkylation sites (tertiary alicyclic amines) is 1. The van der Waals surface area contributed by atoms with Crippen LogP contribution in [0.3, 0.4) is 0 Å². The molecule has 0 saturated carbocycles. The van der Waals surface area contributed by atoms with E-state index in [0.29, 0.717) is 22.4 Å². The van der Waals surface area contributed by atoms with Crippen LogP contribution >= 0.6 is 0 Å². The first-order chi connectivity index (χ1) is 9.49. The molecule has 2 N–H and O–H groups in total. The molecule has 0 bridgehead atoms. The van der Waals surface area contributed by atoms with Gasteiger partial charge in [-0.1, -0.05) is 20.3 Å². The maximum atomic E-state index is 12.5. The number of anilines is 1. The van der Waals surface area contributed by atoms with Crippen molar-refractivity contribution in [1.82, 2.24) is 4.90 Å². The Balaban J connectivity index is 2.09. The zero-order valence-corrected chi connectivity index (χ0v) is 12.6. The van der Waals surface area contributed by atoms with Crippen molar-refractivity contribution in [2.24, 2.45) is 5.41 Å². The highest BCUT2D eigenvalue weighted by Crippen LogP contribution is 2.34. The molecule has 0 aromatic heterocycles. The van der Waals surface area contributed by atoms with Crippen molar-refractivity contribution in [2.75, 3.05) is 25.9 Å². The molecule has 4 heteroatoms. The first-order valence-corrected chi connectivity index (χ1v) is 7.22. The van der Waals surface area contributed by atoms with E-state index in [0.717, 1.165) is 25.9 Å². The lowest BCUT2D eigenvalue weighted by molar-refractivity contribution is 0.0600. The highest BCUT2D eigenvalue weighted by molar-refractivity contribution is 5.95. The quantitative estimate of drug-likeness (QED) is 0.864. The van der Waals surface area contributed by atoms with Crippen LogP contribution in [-0.4, -0.2) is 31.0 Å². The molecule has 1 aliphatic heterocycles. The Labute approximate surface area is 120 Å². The number of benzene rings is 1. The molecule has 1 amide bonds. The van der Waals surface area contributed by atoms with Crippen LogP contribution in [0, 0.1) is 5.41 Å². The van der Waals surface area contributed by atoms with Gasteiger partial charge in [0.25, 0.3) is 5.91 Å². The number of nitrogens with zero attached hydrogens (tertiary/aromatic N) is 1. The summed E-state index contributed by atoms with van der Waals surface area (Å²) < 4.78 is 5.18. The van der Waals surface area contributed by atoms with Crippen molar-refractivity contribution in [3.63, 3.8) is 0 Å². The number of carbonyl (C=O) groups is 1. The molecule has 0 aliphatic carbocycles. The molecule has 2 rings (SSSR count). The second kappa shape index (κ2) is 5.73. The number of nitrogens with two attached hydrogens (primary N) is 1. The summed E-state index contributed by atoms with van der Waals surface area (Å²) in [5.74, 6) is 0.632. The average molecular weight is 276 g/mol. The summed E-state index contributed by atoms with van der Waals surface area (Å²) in [4.78, 5) is 14.4. The van der Waals surface area contributed by atoms with Gasteiger partial charge in [0.1, 0.15) is 5.75 Å². The number of rotatable bonds is 3. The Hall–Kier alpha value is -1.71. The zero-order chi connectivity index (χ0) is 14.8. The molecule has 0 radical (unpaired) electrons. The number of hydrogen-bond acceptors (Lipinski definition) is 3. The minimum absolute atomic E-state index is 0.0708. The van der Waals surface area contributed by atoms with Crippen LogP contribution < -0.4 is 10.5 Å². The minimum Gasteiger partial charge on any atom is -0.495 e. The van der Waals surface area contributed by atoms with Crippen molar-refractivity contribution in [3.05, 3.63) is 23.8 Å². The van der Waals surface area contributed by atoms with Crippen molar-refractivity contribution in [2.45, 2.75) is 33.1 Å². The van der Waals surface area contributed by atoms with Crippen LogP contribution in [0.4, 0.5) is 5.69 Å². The summed E-state index contributed by atoms with van der Waals surface area (Å²) in [5.41, 5.74) is 7.37. The fourth-order valence-corrected chi connectivity index (χ4v) is 2.63. The lowest BCUT2D eigenvalue weighted by Gasteiger charge is -2.39. The maximum Gasteiger partial charge on any atom is 0.253 e. The fourth-order valence-electron chi connectivity index (χ4n) is 2.63. The molecule has 1 saturated heterocycles. The number of hydrogen-bond donors (Lipinski definition) is 1. The third-order valence-electron chi connectivity index (χ3n) is 4.59. The van der Waals surface area contributed by atoms with Gasteiger partial charge in [0, 0.05) is 18.7 Å². The molecule has 1 aliphatic rings. The Kier molecular flexibility index (Phi) is 4.21. The molecular weight excluding hydrogens is 252 g/mol. The lowest BCUT2D eigenvalue weighted by atomic mass is 9.78. The maximum absolute atomic E-state index is 12.5. The standard InChI is InChI=1S/C16H24N2O2/c1-4-16(2)7-9-18(10-8-16)15(19)12-5-6-13(17)14(11-12)20-3/h5-6,11H,4,7-10,17H2,1-3H3. The van der Waals surface area contributed by atoms with E-state index in [2.05, 4.69) is 13.8 Å². The van der Waals surface area contributed by atoms with Gasteiger partial charge in [0.15, 0.2) is 0 Å². The summed E-state index contributed by atoms with van der Waals surface area (Å²) >= 11 is 0. The van der Waals surface area contributed by atoms with Crippen molar-refractivity contribution in [1.29, 1.82) is 0 Å². The van der Waals surface area contributed by atoms with Crippen LogP contribution in [0.25, 0.3) is 0 Å². The Morgan fingerprint density at radius 2 is 2.05 bits per heavy atom. The Morgan fingerprint density at radius 3 is 2.60 bits per heavy atom. The number of carbonyl (C=O) groups excluding carboxylic acids is 1. The highest BCUT2D eigenvalue weighted by Gasteiger charge is 2.30. The first-order valence-electron chi connectivity index (χ1n) is 7.22. The molecule has 0 unspecified atom stereocenters. The van der Waals surface area contributed by atoms with Crippen molar-refractivity contribution < 1.29 is 9.53 Å². The number of ether oxygens (including phenoxy) is 1. The van der Waals surface area contributed by atoms with E-state index >= 15 is 0 Å². The van der Waals surface area contributed by atoms with Gasteiger partial charge in [-0.15, -0.1) is 0 Å². The van der Waals surface area contributed by atoms with Gasteiger partial charge in [-0.3, -0.25) is 4.79 Å². The molecule has 0 spiro atoms. The smallest absolute Gasteiger partial charge is 0.253 e. The number of piperidine rings is 1. The van der Waals surface area contributed by atoms with E-state index in [4.69, 9.17) is 10.5 Å². The summed E-state index contributed by atoms with van der Waals surface area (Å²) in [5, 5.41) is 0. The molecule has 4 nitrogen and oxygen atoms in total. The second-order valence-electron chi connectivity index (χ2n) is 5.91. The minimum atomic E-state index is 0.0708. The van der Waals surface area contributed by atoms with Crippen molar-refractivity contribution >= 4 is 11.6 Å². The highest BCUT2D eigenvalue weighted by atomic mass is 16.5. The molecular formula is C16H24N2O2. The Bertz CT molecular complexity index is 491. The predicted molar refractivity (Wildman–Crippen MR) is 80.9 cm³/mol.